The fourth-order valence-corrected chi connectivity index (χ4v) is 4.50. The number of nitrogens with one attached hydrogen (secondary N) is 1. The van der Waals surface area contributed by atoms with Crippen molar-refractivity contribution in [2.45, 2.75) is 31.4 Å². The van der Waals surface area contributed by atoms with Gasteiger partial charge in [-0.2, -0.15) is 4.31 Å². The first-order valence-corrected chi connectivity index (χ1v) is 11.4. The fraction of sp³-hybridized carbons (Fsp3) is 0.409. The molecule has 0 aliphatic heterocycles. The van der Waals surface area contributed by atoms with E-state index in [0.717, 1.165) is 5.56 Å². The van der Waals surface area contributed by atoms with Crippen molar-refractivity contribution in [3.8, 4) is 5.75 Å². The van der Waals surface area contributed by atoms with E-state index in [1.807, 2.05) is 44.2 Å². The van der Waals surface area contributed by atoms with Crippen molar-refractivity contribution in [3.63, 3.8) is 0 Å². The normalized spacial score (nSPS) is 12.6. The Morgan fingerprint density at radius 3 is 2.29 bits per heavy atom. The number of sulfonamides is 1. The van der Waals surface area contributed by atoms with Gasteiger partial charge in [0.15, 0.2) is 0 Å². The zero-order chi connectivity index (χ0) is 22.9. The van der Waals surface area contributed by atoms with Gasteiger partial charge in [0.05, 0.1) is 12.0 Å². The molecule has 0 saturated heterocycles. The van der Waals surface area contributed by atoms with E-state index < -0.39 is 22.2 Å². The monoisotopic (exact) mass is 450 g/mol. The van der Waals surface area contributed by atoms with Gasteiger partial charge >= 0.3 is 6.09 Å². The number of hydrogen-bond donors (Lipinski definition) is 2. The molecule has 2 rings (SSSR count). The van der Waals surface area contributed by atoms with Gasteiger partial charge in [0, 0.05) is 19.6 Å². The summed E-state index contributed by atoms with van der Waals surface area (Å²) in [5, 5.41) is 12.9. The minimum Gasteiger partial charge on any atom is -0.497 e. The van der Waals surface area contributed by atoms with E-state index in [1.165, 1.54) is 23.5 Å². The van der Waals surface area contributed by atoms with Crippen LogP contribution < -0.4 is 10.1 Å². The molecule has 0 unspecified atom stereocenters. The summed E-state index contributed by atoms with van der Waals surface area (Å²) in [5.74, 6) is 0.583. The number of aliphatic hydroxyl groups excluding tert-OH is 1. The van der Waals surface area contributed by atoms with Gasteiger partial charge in [-0.25, -0.2) is 13.2 Å². The number of benzene rings is 2. The summed E-state index contributed by atoms with van der Waals surface area (Å²) in [6, 6.07) is 15.4. The van der Waals surface area contributed by atoms with Crippen molar-refractivity contribution in [2.24, 2.45) is 5.92 Å². The van der Waals surface area contributed by atoms with Crippen LogP contribution >= 0.6 is 0 Å². The summed E-state index contributed by atoms with van der Waals surface area (Å²) in [7, 11) is -2.34. The van der Waals surface area contributed by atoms with Crippen molar-refractivity contribution in [3.05, 3.63) is 60.2 Å². The second-order valence-corrected chi connectivity index (χ2v) is 9.42. The van der Waals surface area contributed by atoms with Gasteiger partial charge in [0.2, 0.25) is 10.0 Å². The lowest BCUT2D eigenvalue weighted by atomic mass is 10.2. The topological polar surface area (TPSA) is 105 Å². The van der Waals surface area contributed by atoms with Crippen LogP contribution in [0.4, 0.5) is 4.79 Å². The lowest BCUT2D eigenvalue weighted by Crippen LogP contribution is -2.41. The maximum atomic E-state index is 13.1. The van der Waals surface area contributed by atoms with E-state index in [0.29, 0.717) is 12.3 Å². The van der Waals surface area contributed by atoms with Gasteiger partial charge in [0.1, 0.15) is 18.5 Å². The third kappa shape index (κ3) is 7.86. The van der Waals surface area contributed by atoms with Crippen molar-refractivity contribution in [1.82, 2.24) is 9.62 Å². The first kappa shape index (κ1) is 24.6. The summed E-state index contributed by atoms with van der Waals surface area (Å²) >= 11 is 0. The highest BCUT2D eigenvalue weighted by Crippen LogP contribution is 2.20. The Bertz CT molecular complexity index is 917. The molecule has 0 aliphatic carbocycles. The third-order valence-corrected chi connectivity index (χ3v) is 6.21. The molecule has 0 saturated carbocycles. The first-order chi connectivity index (χ1) is 14.7. The predicted octanol–water partition coefficient (Wildman–Crippen LogP) is 2.63. The molecular formula is C22H30N2O6S. The molecule has 0 heterocycles. The molecule has 2 aromatic rings. The molecule has 2 aromatic carbocycles. The lowest BCUT2D eigenvalue weighted by molar-refractivity contribution is 0.0562. The largest absolute Gasteiger partial charge is 0.497 e. The number of methoxy groups -OCH3 is 1. The Kier molecular flexibility index (Phi) is 9.29. The van der Waals surface area contributed by atoms with Crippen molar-refractivity contribution < 1.29 is 27.8 Å². The Hall–Kier alpha value is -2.62. The summed E-state index contributed by atoms with van der Waals surface area (Å²) in [4.78, 5) is 12.0. The molecule has 31 heavy (non-hydrogen) atoms. The van der Waals surface area contributed by atoms with E-state index in [-0.39, 0.29) is 30.5 Å². The van der Waals surface area contributed by atoms with E-state index in [1.54, 1.807) is 12.1 Å². The molecule has 0 aromatic heterocycles. The number of carbonyl (C=O) groups excluding carboxylic acids is 1. The van der Waals surface area contributed by atoms with Crippen LogP contribution in [0.2, 0.25) is 0 Å². The standard InChI is InChI=1S/C22H30N2O6S/c1-17(2)14-24(31(27,28)21-11-9-20(29-3)10-12-21)15-19(25)16-30-22(26)23-13-18-7-5-4-6-8-18/h4-12,17,19,25H,13-16H2,1-3H3,(H,23,26)/t19-/m1/s1. The van der Waals surface area contributed by atoms with Gasteiger partial charge in [-0.15, -0.1) is 0 Å². The second kappa shape index (κ2) is 11.7. The first-order valence-electron chi connectivity index (χ1n) is 9.99. The number of aliphatic hydroxyl groups is 1. The maximum absolute atomic E-state index is 13.1. The molecule has 9 heteroatoms. The van der Waals surface area contributed by atoms with E-state index in [4.69, 9.17) is 9.47 Å². The van der Waals surface area contributed by atoms with Gasteiger partial charge in [0.25, 0.3) is 0 Å². The Morgan fingerprint density at radius 2 is 1.71 bits per heavy atom. The van der Waals surface area contributed by atoms with Crippen molar-refractivity contribution >= 4 is 16.1 Å². The van der Waals surface area contributed by atoms with Crippen LogP contribution in [0.15, 0.2) is 59.5 Å². The molecule has 0 bridgehead atoms. The smallest absolute Gasteiger partial charge is 0.407 e. The molecule has 170 valence electrons. The third-order valence-electron chi connectivity index (χ3n) is 4.37. The van der Waals surface area contributed by atoms with Crippen LogP contribution in [0.5, 0.6) is 5.75 Å². The van der Waals surface area contributed by atoms with E-state index >= 15 is 0 Å². The minimum absolute atomic E-state index is 0.0373. The molecule has 1 atom stereocenters. The molecule has 1 amide bonds. The van der Waals surface area contributed by atoms with Gasteiger partial charge in [-0.3, -0.25) is 0 Å². The Labute approximate surface area is 183 Å². The predicted molar refractivity (Wildman–Crippen MR) is 117 cm³/mol. The second-order valence-electron chi connectivity index (χ2n) is 7.48. The number of nitrogens with zero attached hydrogens (tertiary/aromatic N) is 1. The molecule has 2 N–H and O–H groups in total. The van der Waals surface area contributed by atoms with E-state index in [2.05, 4.69) is 5.32 Å². The highest BCUT2D eigenvalue weighted by Gasteiger charge is 2.28. The highest BCUT2D eigenvalue weighted by atomic mass is 32.2. The Morgan fingerprint density at radius 1 is 1.06 bits per heavy atom. The van der Waals surface area contributed by atoms with Crippen LogP contribution in [0.3, 0.4) is 0 Å². The summed E-state index contributed by atoms with van der Waals surface area (Å²) in [5.41, 5.74) is 0.911. The number of ether oxygens (including phenoxy) is 2. The van der Waals surface area contributed by atoms with Gasteiger partial charge < -0.3 is 19.9 Å². The van der Waals surface area contributed by atoms with Crippen LogP contribution in [-0.4, -0.2) is 56.8 Å². The van der Waals surface area contributed by atoms with Crippen LogP contribution in [0.1, 0.15) is 19.4 Å². The van der Waals surface area contributed by atoms with E-state index in [9.17, 15) is 18.3 Å². The average Bonchev–Trinajstić information content (AvgIpc) is 2.76. The quantitative estimate of drug-likeness (QED) is 0.545. The molecule has 0 spiro atoms. The highest BCUT2D eigenvalue weighted by molar-refractivity contribution is 7.89. The zero-order valence-electron chi connectivity index (χ0n) is 18.0. The molecule has 8 nitrogen and oxygen atoms in total. The molecule has 0 aliphatic rings. The minimum atomic E-state index is -3.84. The van der Waals surface area contributed by atoms with Crippen LogP contribution in [-0.2, 0) is 21.3 Å². The van der Waals surface area contributed by atoms with Crippen LogP contribution in [0.25, 0.3) is 0 Å². The zero-order valence-corrected chi connectivity index (χ0v) is 18.8. The summed E-state index contributed by atoms with van der Waals surface area (Å²) < 4.78 is 37.4. The Balaban J connectivity index is 1.95. The molecular weight excluding hydrogens is 420 g/mol. The van der Waals surface area contributed by atoms with Crippen LogP contribution in [0, 0.1) is 5.92 Å². The van der Waals surface area contributed by atoms with Crippen molar-refractivity contribution in [2.75, 3.05) is 26.8 Å². The summed E-state index contributed by atoms with van der Waals surface area (Å²) in [6.45, 7) is 3.76. The SMILES string of the molecule is COc1ccc(S(=O)(=O)N(CC(C)C)C[C@@H](O)COC(=O)NCc2ccccc2)cc1. The molecule has 0 radical (unpaired) electrons. The average molecular weight is 451 g/mol. The number of hydrogen-bond acceptors (Lipinski definition) is 6. The van der Waals surface area contributed by atoms with Crippen molar-refractivity contribution in [1.29, 1.82) is 0 Å². The lowest BCUT2D eigenvalue weighted by Gasteiger charge is -2.26. The molecule has 0 fully saturated rings. The van der Waals surface area contributed by atoms with Gasteiger partial charge in [-0.05, 0) is 35.7 Å². The maximum Gasteiger partial charge on any atom is 0.407 e. The number of alkyl carbamates (subject to hydrolysis) is 1. The summed E-state index contributed by atoms with van der Waals surface area (Å²) in [6.07, 6.45) is -1.86. The number of rotatable bonds is 11. The number of amides is 1. The van der Waals surface area contributed by atoms with Gasteiger partial charge in [-0.1, -0.05) is 44.2 Å². The fourth-order valence-electron chi connectivity index (χ4n) is 2.86. The number of carbonyl (C=O) groups is 1.